The molecule has 0 aromatic heterocycles. The fourth-order valence-corrected chi connectivity index (χ4v) is 1.70. The third-order valence-electron chi connectivity index (χ3n) is 2.69. The van der Waals surface area contributed by atoms with E-state index in [2.05, 4.69) is 18.4 Å². The van der Waals surface area contributed by atoms with Crippen LogP contribution in [0.3, 0.4) is 0 Å². The maximum absolute atomic E-state index is 11.9. The van der Waals surface area contributed by atoms with E-state index in [4.69, 9.17) is 4.74 Å². The van der Waals surface area contributed by atoms with E-state index in [0.29, 0.717) is 17.7 Å². The number of phenolic OH excluding ortho intramolecular Hbond substituents is 1. The number of para-hydroxylation sites is 1. The predicted molar refractivity (Wildman–Crippen MR) is 77.2 cm³/mol. The number of aromatic hydroxyl groups is 1. The number of phenols is 1. The zero-order valence-corrected chi connectivity index (χ0v) is 10.9. The van der Waals surface area contributed by atoms with E-state index in [1.165, 1.54) is 6.07 Å². The zero-order chi connectivity index (χ0) is 14.4. The highest BCUT2D eigenvalue weighted by Gasteiger charge is 2.13. The first-order valence-electron chi connectivity index (χ1n) is 6.17. The third kappa shape index (κ3) is 3.47. The number of carbonyl (C=O) groups is 1. The largest absolute Gasteiger partial charge is 0.507 e. The normalized spacial score (nSPS) is 16.2. The highest BCUT2D eigenvalue weighted by Crippen LogP contribution is 2.15. The molecule has 0 amide bonds. The first kappa shape index (κ1) is 13.9. The van der Waals surface area contributed by atoms with Crippen LogP contribution in [0.15, 0.2) is 60.7 Å². The summed E-state index contributed by atoms with van der Waals surface area (Å²) in [6.07, 6.45) is 6.64. The van der Waals surface area contributed by atoms with Crippen LogP contribution >= 0.6 is 0 Å². The van der Waals surface area contributed by atoms with Crippen molar-refractivity contribution in [1.82, 2.24) is 0 Å². The molecule has 0 bridgehead atoms. The van der Waals surface area contributed by atoms with Crippen molar-refractivity contribution in [3.63, 3.8) is 0 Å². The van der Waals surface area contributed by atoms with Crippen LogP contribution < -0.4 is 0 Å². The minimum absolute atomic E-state index is 0.0657. The van der Waals surface area contributed by atoms with E-state index in [9.17, 15) is 9.90 Å². The summed E-state index contributed by atoms with van der Waals surface area (Å²) in [6.45, 7) is 3.99. The van der Waals surface area contributed by atoms with Gasteiger partial charge >= 0.3 is 0 Å². The Morgan fingerprint density at radius 3 is 3.00 bits per heavy atom. The maximum atomic E-state index is 11.9. The molecule has 1 unspecified atom stereocenters. The Bertz CT molecular complexity index is 642. The molecule has 0 heterocycles. The molecule has 1 aliphatic rings. The summed E-state index contributed by atoms with van der Waals surface area (Å²) in [5, 5.41) is 9.56. The lowest BCUT2D eigenvalue weighted by atomic mass is 10.1. The lowest BCUT2D eigenvalue weighted by Gasteiger charge is -2.03. The Labute approximate surface area is 117 Å². The lowest BCUT2D eigenvalue weighted by molar-refractivity contribution is -0.110. The first-order chi connectivity index (χ1) is 9.70. The van der Waals surface area contributed by atoms with Gasteiger partial charge in [0.05, 0.1) is 18.3 Å². The quantitative estimate of drug-likeness (QED) is 0.672. The highest BCUT2D eigenvalue weighted by atomic mass is 16.5. The van der Waals surface area contributed by atoms with Gasteiger partial charge in [-0.05, 0) is 24.1 Å². The van der Waals surface area contributed by atoms with Gasteiger partial charge in [0.15, 0.2) is 0 Å². The van der Waals surface area contributed by atoms with Crippen molar-refractivity contribution in [2.45, 2.75) is 6.10 Å². The molecule has 1 aliphatic carbocycles. The van der Waals surface area contributed by atoms with Gasteiger partial charge in [0.1, 0.15) is 5.75 Å². The molecular formula is C17H14O3. The summed E-state index contributed by atoms with van der Waals surface area (Å²) >= 11 is 0. The summed E-state index contributed by atoms with van der Waals surface area (Å²) in [7, 11) is 0. The predicted octanol–water partition coefficient (Wildman–Crippen LogP) is 2.38. The van der Waals surface area contributed by atoms with Gasteiger partial charge in [0.25, 0.3) is 0 Å². The van der Waals surface area contributed by atoms with Crippen LogP contribution in [0.2, 0.25) is 0 Å². The molecule has 0 saturated heterocycles. The Balaban J connectivity index is 2.06. The van der Waals surface area contributed by atoms with E-state index in [-0.39, 0.29) is 17.6 Å². The molecule has 3 nitrogen and oxygen atoms in total. The number of benzene rings is 1. The fraction of sp³-hybridized carbons (Fsp3) is 0.118. The number of carbonyl (C=O) groups excluding carboxylic acids is 1. The number of ketones is 1. The Hall–Kier alpha value is -2.57. The molecule has 0 spiro atoms. The van der Waals surface area contributed by atoms with Gasteiger partial charge in [-0.25, -0.2) is 0 Å². The van der Waals surface area contributed by atoms with Crippen LogP contribution in [-0.2, 0) is 9.53 Å². The van der Waals surface area contributed by atoms with Crippen LogP contribution in [0.1, 0.15) is 5.56 Å². The molecule has 3 heteroatoms. The molecular weight excluding hydrogens is 252 g/mol. The monoisotopic (exact) mass is 266 g/mol. The van der Waals surface area contributed by atoms with Crippen LogP contribution in [0.25, 0.3) is 0 Å². The second kappa shape index (κ2) is 6.55. The van der Waals surface area contributed by atoms with Gasteiger partial charge in [-0.15, -0.1) is 6.58 Å². The summed E-state index contributed by atoms with van der Waals surface area (Å²) in [5.41, 5.74) is 0.935. The Kier molecular flexibility index (Phi) is 4.54. The second-order valence-corrected chi connectivity index (χ2v) is 4.16. The van der Waals surface area contributed by atoms with E-state index < -0.39 is 0 Å². The summed E-state index contributed by atoms with van der Waals surface area (Å²) in [6, 6.07) is 6.64. The first-order valence-corrected chi connectivity index (χ1v) is 6.17. The van der Waals surface area contributed by atoms with Crippen LogP contribution in [0.5, 0.6) is 5.75 Å². The van der Waals surface area contributed by atoms with Crippen molar-refractivity contribution >= 4 is 5.78 Å². The van der Waals surface area contributed by atoms with Gasteiger partial charge in [-0.3, -0.25) is 4.79 Å². The molecule has 1 N–H and O–H groups in total. The smallest absolute Gasteiger partial charge is 0.236 e. The average molecular weight is 266 g/mol. The van der Waals surface area contributed by atoms with Gasteiger partial charge in [-0.1, -0.05) is 36.3 Å². The molecule has 0 radical (unpaired) electrons. The molecule has 100 valence electrons. The summed E-state index contributed by atoms with van der Waals surface area (Å²) < 4.78 is 5.39. The van der Waals surface area contributed by atoms with Crippen molar-refractivity contribution < 1.29 is 14.6 Å². The van der Waals surface area contributed by atoms with Gasteiger partial charge in [0, 0.05) is 5.57 Å². The van der Waals surface area contributed by atoms with Crippen molar-refractivity contribution in [2.24, 2.45) is 0 Å². The van der Waals surface area contributed by atoms with E-state index in [1.807, 2.05) is 0 Å². The molecule has 1 aromatic rings. The van der Waals surface area contributed by atoms with Crippen LogP contribution in [0, 0.1) is 11.8 Å². The third-order valence-corrected chi connectivity index (χ3v) is 2.69. The number of hydrogen-bond donors (Lipinski definition) is 1. The number of ether oxygens (including phenoxy) is 1. The molecule has 0 fully saturated rings. The SMILES string of the molecule is C=CCOC1C=CC(C(=O)C#Cc2ccccc2O)=C1. The minimum Gasteiger partial charge on any atom is -0.507 e. The van der Waals surface area contributed by atoms with Gasteiger partial charge < -0.3 is 9.84 Å². The topological polar surface area (TPSA) is 46.5 Å². The molecule has 2 rings (SSSR count). The van der Waals surface area contributed by atoms with Crippen molar-refractivity contribution in [2.75, 3.05) is 6.61 Å². The molecule has 1 aromatic carbocycles. The molecule has 0 saturated carbocycles. The van der Waals surface area contributed by atoms with Gasteiger partial charge in [-0.2, -0.15) is 0 Å². The number of Topliss-reactive ketones (excluding diaryl/α,β-unsaturated/α-hetero) is 1. The highest BCUT2D eigenvalue weighted by molar-refractivity contribution is 6.11. The van der Waals surface area contributed by atoms with E-state index in [0.717, 1.165) is 0 Å². The Morgan fingerprint density at radius 2 is 2.25 bits per heavy atom. The average Bonchev–Trinajstić information content (AvgIpc) is 2.93. The standard InChI is InChI=1S/C17H14O3/c1-2-11-20-15-9-7-14(12-15)17(19)10-8-13-5-3-4-6-16(13)18/h2-7,9,12,15,18H,1,11H2. The molecule has 20 heavy (non-hydrogen) atoms. The summed E-state index contributed by atoms with van der Waals surface area (Å²) in [4.78, 5) is 11.9. The zero-order valence-electron chi connectivity index (χ0n) is 10.9. The van der Waals surface area contributed by atoms with E-state index in [1.54, 1.807) is 42.5 Å². The minimum atomic E-state index is -0.297. The lowest BCUT2D eigenvalue weighted by Crippen LogP contribution is -2.04. The molecule has 0 aliphatic heterocycles. The van der Waals surface area contributed by atoms with Crippen molar-refractivity contribution in [3.05, 3.63) is 66.3 Å². The summed E-state index contributed by atoms with van der Waals surface area (Å²) in [5.74, 6) is 4.95. The number of rotatable bonds is 4. The fourth-order valence-electron chi connectivity index (χ4n) is 1.70. The van der Waals surface area contributed by atoms with Crippen LogP contribution in [0.4, 0.5) is 0 Å². The maximum Gasteiger partial charge on any atom is 0.236 e. The number of allylic oxidation sites excluding steroid dienone is 2. The van der Waals surface area contributed by atoms with E-state index >= 15 is 0 Å². The van der Waals surface area contributed by atoms with Gasteiger partial charge in [0.2, 0.25) is 5.78 Å². The van der Waals surface area contributed by atoms with Crippen LogP contribution in [-0.4, -0.2) is 23.6 Å². The van der Waals surface area contributed by atoms with Crippen molar-refractivity contribution in [1.29, 1.82) is 0 Å². The number of hydrogen-bond acceptors (Lipinski definition) is 3. The second-order valence-electron chi connectivity index (χ2n) is 4.16. The molecule has 1 atom stereocenters. The van der Waals surface area contributed by atoms with Crippen molar-refractivity contribution in [3.8, 4) is 17.6 Å². The Morgan fingerprint density at radius 1 is 1.45 bits per heavy atom.